The van der Waals surface area contributed by atoms with Crippen LogP contribution in [-0.4, -0.2) is 67.1 Å². The van der Waals surface area contributed by atoms with Crippen molar-refractivity contribution in [3.05, 3.63) is 59.4 Å². The zero-order valence-electron chi connectivity index (χ0n) is 16.9. The lowest BCUT2D eigenvalue weighted by Crippen LogP contribution is -2.58. The van der Waals surface area contributed by atoms with Crippen LogP contribution in [0.4, 0.5) is 10.3 Å². The number of morpholine rings is 1. The number of nitrogens with zero attached hydrogens (tertiary/aromatic N) is 6. The highest BCUT2D eigenvalue weighted by Crippen LogP contribution is 2.24. The molecule has 1 aliphatic heterocycles. The summed E-state index contributed by atoms with van der Waals surface area (Å²) in [4.78, 5) is 24.8. The average Bonchev–Trinajstić information content (AvgIpc) is 3.28. The summed E-state index contributed by atoms with van der Waals surface area (Å²) < 4.78 is 20.0. The van der Waals surface area contributed by atoms with Gasteiger partial charge in [-0.1, -0.05) is 11.6 Å². The van der Waals surface area contributed by atoms with Crippen LogP contribution in [0.15, 0.2) is 43.0 Å². The predicted octanol–water partition coefficient (Wildman–Crippen LogP) is 2.58. The van der Waals surface area contributed by atoms with Crippen LogP contribution in [0.1, 0.15) is 24.2 Å². The fraction of sp³-hybridized carbons (Fsp3) is 0.350. The van der Waals surface area contributed by atoms with Crippen LogP contribution in [-0.2, 0) is 4.74 Å². The molecule has 9 nitrogen and oxygen atoms in total. The first-order valence-electron chi connectivity index (χ1n) is 9.76. The van der Waals surface area contributed by atoms with Crippen LogP contribution < -0.4 is 5.32 Å². The van der Waals surface area contributed by atoms with Gasteiger partial charge in [0.15, 0.2) is 0 Å². The highest BCUT2D eigenvalue weighted by molar-refractivity contribution is 6.30. The van der Waals surface area contributed by atoms with Crippen LogP contribution >= 0.6 is 11.6 Å². The van der Waals surface area contributed by atoms with Crippen molar-refractivity contribution in [2.75, 3.05) is 18.4 Å². The van der Waals surface area contributed by atoms with E-state index in [0.29, 0.717) is 29.7 Å². The molecule has 1 amide bonds. The van der Waals surface area contributed by atoms with Crippen LogP contribution in [0.25, 0.3) is 5.69 Å². The van der Waals surface area contributed by atoms with Crippen LogP contribution in [0.3, 0.4) is 0 Å². The molecule has 1 aliphatic rings. The third-order valence-electron chi connectivity index (χ3n) is 5.02. The van der Waals surface area contributed by atoms with Gasteiger partial charge in [-0.2, -0.15) is 15.0 Å². The number of ether oxygens (including phenoxy) is 1. The number of aromatic nitrogens is 5. The van der Waals surface area contributed by atoms with Gasteiger partial charge in [0.2, 0.25) is 5.95 Å². The number of nitrogens with one attached hydrogen (secondary N) is 1. The Hall–Kier alpha value is -3.11. The van der Waals surface area contributed by atoms with Gasteiger partial charge in [-0.15, -0.1) is 0 Å². The maximum atomic E-state index is 14.1. The molecule has 1 aromatic carbocycles. The summed E-state index contributed by atoms with van der Waals surface area (Å²) in [6.45, 7) is 4.47. The van der Waals surface area contributed by atoms with Gasteiger partial charge in [-0.05, 0) is 32.0 Å². The summed E-state index contributed by atoms with van der Waals surface area (Å²) in [5.74, 6) is -0.467. The maximum Gasteiger partial charge on any atom is 0.256 e. The maximum absolute atomic E-state index is 14.1. The van der Waals surface area contributed by atoms with Crippen molar-refractivity contribution < 1.29 is 13.9 Å². The van der Waals surface area contributed by atoms with Gasteiger partial charge < -0.3 is 15.0 Å². The molecule has 3 atom stereocenters. The van der Waals surface area contributed by atoms with E-state index in [1.165, 1.54) is 47.8 Å². The molecule has 2 aromatic heterocycles. The van der Waals surface area contributed by atoms with E-state index in [1.807, 2.05) is 13.8 Å². The molecule has 3 heterocycles. The van der Waals surface area contributed by atoms with E-state index in [2.05, 4.69) is 25.5 Å². The molecule has 0 bridgehead atoms. The van der Waals surface area contributed by atoms with Crippen LogP contribution in [0.2, 0.25) is 5.02 Å². The zero-order valence-corrected chi connectivity index (χ0v) is 17.7. The van der Waals surface area contributed by atoms with Crippen molar-refractivity contribution in [1.82, 2.24) is 29.9 Å². The Labute approximate surface area is 183 Å². The number of hydrogen-bond donors (Lipinski definition) is 1. The number of carbonyl (C=O) groups is 1. The van der Waals surface area contributed by atoms with Crippen molar-refractivity contribution in [2.24, 2.45) is 0 Å². The fourth-order valence-corrected chi connectivity index (χ4v) is 3.72. The minimum Gasteiger partial charge on any atom is -0.372 e. The molecule has 0 unspecified atom stereocenters. The lowest BCUT2D eigenvalue weighted by Gasteiger charge is -2.43. The Morgan fingerprint density at radius 2 is 1.97 bits per heavy atom. The molecule has 1 fully saturated rings. The van der Waals surface area contributed by atoms with Gasteiger partial charge in [-0.3, -0.25) is 4.79 Å². The molecule has 0 radical (unpaired) electrons. The van der Waals surface area contributed by atoms with E-state index in [-0.39, 0.29) is 29.7 Å². The zero-order chi connectivity index (χ0) is 22.0. The Balaban J connectivity index is 1.62. The van der Waals surface area contributed by atoms with E-state index in [1.54, 1.807) is 4.90 Å². The summed E-state index contributed by atoms with van der Waals surface area (Å²) in [6.07, 6.45) is 5.51. The highest BCUT2D eigenvalue weighted by Gasteiger charge is 2.37. The summed E-state index contributed by atoms with van der Waals surface area (Å²) >= 11 is 5.83. The Morgan fingerprint density at radius 3 is 2.68 bits per heavy atom. The van der Waals surface area contributed by atoms with E-state index in [0.717, 1.165) is 0 Å². The molecule has 4 rings (SSSR count). The molecular weight excluding hydrogens is 425 g/mol. The van der Waals surface area contributed by atoms with Crippen molar-refractivity contribution in [3.63, 3.8) is 0 Å². The Bertz CT molecular complexity index is 1050. The largest absolute Gasteiger partial charge is 0.372 e. The van der Waals surface area contributed by atoms with E-state index in [9.17, 15) is 9.18 Å². The van der Waals surface area contributed by atoms with Gasteiger partial charge in [0, 0.05) is 13.1 Å². The molecule has 0 saturated carbocycles. The summed E-state index contributed by atoms with van der Waals surface area (Å²) in [6, 6.07) is 3.63. The monoisotopic (exact) mass is 445 g/mol. The first-order chi connectivity index (χ1) is 14.9. The van der Waals surface area contributed by atoms with Crippen molar-refractivity contribution in [1.29, 1.82) is 0 Å². The first-order valence-corrected chi connectivity index (χ1v) is 10.1. The van der Waals surface area contributed by atoms with Crippen LogP contribution in [0, 0.1) is 5.82 Å². The molecule has 0 spiro atoms. The number of amides is 1. The molecule has 11 heteroatoms. The normalized spacial score (nSPS) is 21.2. The second-order valence-electron chi connectivity index (χ2n) is 7.26. The van der Waals surface area contributed by atoms with Gasteiger partial charge in [-0.25, -0.2) is 14.4 Å². The van der Waals surface area contributed by atoms with E-state index in [4.69, 9.17) is 16.3 Å². The molecule has 1 saturated heterocycles. The molecule has 31 heavy (non-hydrogen) atoms. The van der Waals surface area contributed by atoms with Crippen molar-refractivity contribution >= 4 is 23.5 Å². The third-order valence-corrected chi connectivity index (χ3v) is 5.21. The minimum atomic E-state index is -0.516. The Kier molecular flexibility index (Phi) is 6.10. The number of carbonyl (C=O) groups excluding carboxylic acids is 1. The van der Waals surface area contributed by atoms with E-state index < -0.39 is 5.82 Å². The average molecular weight is 446 g/mol. The molecule has 162 valence electrons. The number of anilines is 1. The van der Waals surface area contributed by atoms with Gasteiger partial charge in [0.25, 0.3) is 5.91 Å². The summed E-state index contributed by atoms with van der Waals surface area (Å²) in [7, 11) is 0. The predicted molar refractivity (Wildman–Crippen MR) is 112 cm³/mol. The quantitative estimate of drug-likeness (QED) is 0.644. The smallest absolute Gasteiger partial charge is 0.256 e. The topological polar surface area (TPSA) is 98.1 Å². The lowest BCUT2D eigenvalue weighted by molar-refractivity contribution is -0.0879. The van der Waals surface area contributed by atoms with E-state index >= 15 is 0 Å². The number of hydrogen-bond acceptors (Lipinski definition) is 7. The second kappa shape index (κ2) is 8.94. The third kappa shape index (κ3) is 4.64. The number of rotatable bonds is 5. The summed E-state index contributed by atoms with van der Waals surface area (Å²) in [5.41, 5.74) is 0.571. The molecule has 0 aliphatic carbocycles. The molecule has 3 aromatic rings. The number of benzene rings is 1. The number of halogens is 2. The standard InChI is InChI=1S/C20H21ClFN7O2/c1-12-11-28(18(13(2)31-12)10-25-20-23-8-14(21)9-24-20)19(30)16-7-15(22)3-4-17(16)29-26-5-6-27-29/h3-9,12-13,18H,10-11H2,1-2H3,(H,23,24,25)/t12-,13+,18-/m1/s1. The summed E-state index contributed by atoms with van der Waals surface area (Å²) in [5, 5.41) is 11.7. The highest BCUT2D eigenvalue weighted by atomic mass is 35.5. The molecular formula is C20H21ClFN7O2. The fourth-order valence-electron chi connectivity index (χ4n) is 3.62. The van der Waals surface area contributed by atoms with Crippen LogP contribution in [0.5, 0.6) is 0 Å². The van der Waals surface area contributed by atoms with Gasteiger partial charge in [0.1, 0.15) is 5.82 Å². The lowest BCUT2D eigenvalue weighted by atomic mass is 10.0. The van der Waals surface area contributed by atoms with Crippen molar-refractivity contribution in [3.8, 4) is 5.69 Å². The SMILES string of the molecule is C[C@@H]1CN(C(=O)c2cc(F)ccc2-n2nccn2)[C@H](CNc2ncc(Cl)cn2)[C@H](C)O1. The van der Waals surface area contributed by atoms with Gasteiger partial charge >= 0.3 is 0 Å². The molecule has 1 N–H and O–H groups in total. The second-order valence-corrected chi connectivity index (χ2v) is 7.70. The Morgan fingerprint density at radius 1 is 1.26 bits per heavy atom. The van der Waals surface area contributed by atoms with Crippen molar-refractivity contribution in [2.45, 2.75) is 32.1 Å². The minimum absolute atomic E-state index is 0.172. The van der Waals surface area contributed by atoms with Gasteiger partial charge in [0.05, 0.1) is 59.3 Å². The first kappa shape index (κ1) is 21.1.